The second kappa shape index (κ2) is 4.48. The quantitative estimate of drug-likeness (QED) is 0.715. The van der Waals surface area contributed by atoms with Crippen molar-refractivity contribution in [3.05, 3.63) is 29.8 Å². The summed E-state index contributed by atoms with van der Waals surface area (Å²) in [6.07, 6.45) is 1.04. The Morgan fingerprint density at radius 2 is 1.50 bits per heavy atom. The van der Waals surface area contributed by atoms with Gasteiger partial charge >= 0.3 is 0 Å². The molecule has 90 valence electrons. The van der Waals surface area contributed by atoms with Crippen LogP contribution in [0.1, 0.15) is 47.1 Å². The summed E-state index contributed by atoms with van der Waals surface area (Å²) in [6.45, 7) is 13.0. The van der Waals surface area contributed by atoms with Crippen LogP contribution in [-0.4, -0.2) is 5.60 Å². The standard InChI is InChI=1S/C15H24O/c1-14(2,3)11-12-9-7-8-10-13(12)16-15(4,5)6/h7-10H,11H2,1-6H3. The lowest BCUT2D eigenvalue weighted by Gasteiger charge is -2.26. The van der Waals surface area contributed by atoms with E-state index >= 15 is 0 Å². The van der Waals surface area contributed by atoms with Crippen LogP contribution in [0.5, 0.6) is 5.75 Å². The molecule has 0 aliphatic rings. The molecule has 0 fully saturated rings. The third kappa shape index (κ3) is 4.69. The van der Waals surface area contributed by atoms with Crippen LogP contribution in [0, 0.1) is 5.41 Å². The topological polar surface area (TPSA) is 9.23 Å². The Hall–Kier alpha value is -0.980. The van der Waals surface area contributed by atoms with E-state index in [-0.39, 0.29) is 11.0 Å². The van der Waals surface area contributed by atoms with E-state index in [0.29, 0.717) is 0 Å². The van der Waals surface area contributed by atoms with Gasteiger partial charge in [0.2, 0.25) is 0 Å². The van der Waals surface area contributed by atoms with Crippen LogP contribution in [0.2, 0.25) is 0 Å². The molecule has 1 aromatic carbocycles. The first-order chi connectivity index (χ1) is 7.17. The third-order valence-electron chi connectivity index (χ3n) is 2.11. The maximum atomic E-state index is 5.98. The molecule has 1 rings (SSSR count). The van der Waals surface area contributed by atoms with Crippen LogP contribution in [-0.2, 0) is 6.42 Å². The summed E-state index contributed by atoms with van der Waals surface area (Å²) >= 11 is 0. The van der Waals surface area contributed by atoms with E-state index in [4.69, 9.17) is 4.74 Å². The summed E-state index contributed by atoms with van der Waals surface area (Å²) in [5, 5.41) is 0. The highest BCUT2D eigenvalue weighted by atomic mass is 16.5. The zero-order valence-electron chi connectivity index (χ0n) is 11.4. The average molecular weight is 220 g/mol. The van der Waals surface area contributed by atoms with E-state index < -0.39 is 0 Å². The van der Waals surface area contributed by atoms with Gasteiger partial charge in [0.25, 0.3) is 0 Å². The van der Waals surface area contributed by atoms with Crippen LogP contribution in [0.3, 0.4) is 0 Å². The first-order valence-electron chi connectivity index (χ1n) is 5.94. The van der Waals surface area contributed by atoms with E-state index in [1.54, 1.807) is 0 Å². The minimum Gasteiger partial charge on any atom is -0.488 e. The Morgan fingerprint density at radius 1 is 0.938 bits per heavy atom. The number of ether oxygens (including phenoxy) is 1. The van der Waals surface area contributed by atoms with Gasteiger partial charge in [0, 0.05) is 0 Å². The molecule has 0 spiro atoms. The molecule has 0 aromatic heterocycles. The second-order valence-corrected chi connectivity index (χ2v) is 6.56. The summed E-state index contributed by atoms with van der Waals surface area (Å²) in [5.74, 6) is 1.02. The number of rotatable bonds is 2. The SMILES string of the molecule is CC(C)(C)Cc1ccccc1OC(C)(C)C. The van der Waals surface area contributed by atoms with Crippen molar-refractivity contribution >= 4 is 0 Å². The van der Waals surface area contributed by atoms with Gasteiger partial charge in [-0.1, -0.05) is 39.0 Å². The van der Waals surface area contributed by atoms with Crippen LogP contribution in [0.15, 0.2) is 24.3 Å². The minimum absolute atomic E-state index is 0.131. The van der Waals surface area contributed by atoms with Gasteiger partial charge in [0.15, 0.2) is 0 Å². The maximum Gasteiger partial charge on any atom is 0.123 e. The molecule has 0 bridgehead atoms. The summed E-state index contributed by atoms with van der Waals surface area (Å²) in [5.41, 5.74) is 1.45. The van der Waals surface area contributed by atoms with E-state index in [2.05, 4.69) is 59.7 Å². The highest BCUT2D eigenvalue weighted by Gasteiger charge is 2.18. The van der Waals surface area contributed by atoms with Crippen molar-refractivity contribution in [1.82, 2.24) is 0 Å². The third-order valence-corrected chi connectivity index (χ3v) is 2.11. The van der Waals surface area contributed by atoms with Gasteiger partial charge in [-0.2, -0.15) is 0 Å². The predicted molar refractivity (Wildman–Crippen MR) is 70.0 cm³/mol. The monoisotopic (exact) mass is 220 g/mol. The average Bonchev–Trinajstić information content (AvgIpc) is 2.03. The Kier molecular flexibility index (Phi) is 3.67. The first-order valence-corrected chi connectivity index (χ1v) is 5.94. The molecular formula is C15H24O. The molecule has 0 saturated carbocycles. The molecule has 0 unspecified atom stereocenters. The fraction of sp³-hybridized carbons (Fsp3) is 0.600. The second-order valence-electron chi connectivity index (χ2n) is 6.56. The normalized spacial score (nSPS) is 12.6. The number of para-hydroxylation sites is 1. The van der Waals surface area contributed by atoms with Crippen molar-refractivity contribution in [2.24, 2.45) is 5.41 Å². The molecule has 0 aliphatic carbocycles. The summed E-state index contributed by atoms with van der Waals surface area (Å²) < 4.78 is 5.98. The molecule has 1 nitrogen and oxygen atoms in total. The molecule has 0 radical (unpaired) electrons. The van der Waals surface area contributed by atoms with Crippen LogP contribution in [0.25, 0.3) is 0 Å². The van der Waals surface area contributed by atoms with Crippen LogP contribution >= 0.6 is 0 Å². The van der Waals surface area contributed by atoms with E-state index in [9.17, 15) is 0 Å². The van der Waals surface area contributed by atoms with Crippen molar-refractivity contribution in [2.45, 2.75) is 53.6 Å². The zero-order chi connectivity index (χ0) is 12.4. The van der Waals surface area contributed by atoms with E-state index in [1.807, 2.05) is 6.07 Å². The number of hydrogen-bond acceptors (Lipinski definition) is 1. The highest BCUT2D eigenvalue weighted by Crippen LogP contribution is 2.29. The Balaban J connectivity index is 2.92. The van der Waals surface area contributed by atoms with Crippen molar-refractivity contribution in [2.75, 3.05) is 0 Å². The molecule has 0 atom stereocenters. The van der Waals surface area contributed by atoms with Gasteiger partial charge < -0.3 is 4.74 Å². The fourth-order valence-corrected chi connectivity index (χ4v) is 1.65. The van der Waals surface area contributed by atoms with Gasteiger partial charge in [0.1, 0.15) is 11.4 Å². The van der Waals surface area contributed by atoms with Crippen LogP contribution in [0.4, 0.5) is 0 Å². The van der Waals surface area contributed by atoms with Crippen LogP contribution < -0.4 is 4.74 Å². The van der Waals surface area contributed by atoms with Crippen molar-refractivity contribution in [3.63, 3.8) is 0 Å². The largest absolute Gasteiger partial charge is 0.488 e. The Bertz CT molecular complexity index is 304. The molecule has 0 amide bonds. The van der Waals surface area contributed by atoms with Gasteiger partial charge in [-0.3, -0.25) is 0 Å². The number of benzene rings is 1. The molecule has 0 heterocycles. The van der Waals surface area contributed by atoms with E-state index in [1.165, 1.54) is 5.56 Å². The summed E-state index contributed by atoms with van der Waals surface area (Å²) in [6, 6.07) is 8.34. The summed E-state index contributed by atoms with van der Waals surface area (Å²) in [7, 11) is 0. The Labute approximate surface area is 99.8 Å². The first kappa shape index (κ1) is 13.1. The van der Waals surface area contributed by atoms with Gasteiger partial charge in [-0.05, 0) is 44.2 Å². The van der Waals surface area contributed by atoms with Gasteiger partial charge in [0.05, 0.1) is 0 Å². The molecule has 1 heteroatoms. The lowest BCUT2D eigenvalue weighted by atomic mass is 9.88. The lowest BCUT2D eigenvalue weighted by Crippen LogP contribution is -2.24. The van der Waals surface area contributed by atoms with Gasteiger partial charge in [-0.25, -0.2) is 0 Å². The molecular weight excluding hydrogens is 196 g/mol. The number of hydrogen-bond donors (Lipinski definition) is 0. The van der Waals surface area contributed by atoms with Crippen molar-refractivity contribution in [3.8, 4) is 5.75 Å². The zero-order valence-corrected chi connectivity index (χ0v) is 11.4. The molecule has 1 aromatic rings. The lowest BCUT2D eigenvalue weighted by molar-refractivity contribution is 0.128. The van der Waals surface area contributed by atoms with Crippen molar-refractivity contribution in [1.29, 1.82) is 0 Å². The molecule has 0 N–H and O–H groups in total. The summed E-state index contributed by atoms with van der Waals surface area (Å²) in [4.78, 5) is 0. The smallest absolute Gasteiger partial charge is 0.123 e. The Morgan fingerprint density at radius 3 is 2.00 bits per heavy atom. The predicted octanol–water partition coefficient (Wildman–Crippen LogP) is 4.45. The molecule has 0 saturated heterocycles. The minimum atomic E-state index is -0.131. The van der Waals surface area contributed by atoms with Gasteiger partial charge in [-0.15, -0.1) is 0 Å². The molecule has 0 aliphatic heterocycles. The maximum absolute atomic E-state index is 5.98. The van der Waals surface area contributed by atoms with Crippen molar-refractivity contribution < 1.29 is 4.74 Å². The molecule has 16 heavy (non-hydrogen) atoms. The van der Waals surface area contributed by atoms with E-state index in [0.717, 1.165) is 12.2 Å². The highest BCUT2D eigenvalue weighted by molar-refractivity contribution is 5.34. The fourth-order valence-electron chi connectivity index (χ4n) is 1.65.